The predicted octanol–water partition coefficient (Wildman–Crippen LogP) is 6.37. The molecule has 1 heterocycles. The van der Waals surface area contributed by atoms with E-state index < -0.39 is 0 Å². The van der Waals surface area contributed by atoms with Gasteiger partial charge < -0.3 is 0 Å². The van der Waals surface area contributed by atoms with Gasteiger partial charge in [-0.3, -0.25) is 0 Å². The van der Waals surface area contributed by atoms with Crippen molar-refractivity contribution in [2.45, 2.75) is 24.7 Å². The Bertz CT molecular complexity index is 718. The van der Waals surface area contributed by atoms with E-state index >= 15 is 0 Å². The van der Waals surface area contributed by atoms with Crippen LogP contribution in [0.4, 0.5) is 10.1 Å². The first-order valence-corrected chi connectivity index (χ1v) is 9.47. The molecule has 4 heteroatoms. The van der Waals surface area contributed by atoms with E-state index in [1.165, 1.54) is 29.7 Å². The van der Waals surface area contributed by atoms with Gasteiger partial charge in [0.05, 0.1) is 5.69 Å². The van der Waals surface area contributed by atoms with Gasteiger partial charge in [-0.1, -0.05) is 29.5 Å². The minimum absolute atomic E-state index is 0.197. The first kappa shape index (κ1) is 16.3. The Morgan fingerprint density at radius 2 is 1.83 bits per heavy atom. The lowest BCUT2D eigenvalue weighted by Crippen LogP contribution is -2.06. The summed E-state index contributed by atoms with van der Waals surface area (Å²) in [5, 5.41) is 3.27. The van der Waals surface area contributed by atoms with Crippen LogP contribution in [0.1, 0.15) is 18.4 Å². The summed E-state index contributed by atoms with van der Waals surface area (Å²) in [5.74, 6) is 0.917. The average Bonchev–Trinajstić information content (AvgIpc) is 2.58. The van der Waals surface area contributed by atoms with Crippen LogP contribution in [0.2, 0.25) is 0 Å². The van der Waals surface area contributed by atoms with Crippen molar-refractivity contribution in [3.05, 3.63) is 70.9 Å². The number of aryl methyl sites for hydroxylation is 1. The Kier molecular flexibility index (Phi) is 5.57. The fraction of sp³-hybridized carbons (Fsp3) is 0.211. The van der Waals surface area contributed by atoms with E-state index in [1.807, 2.05) is 23.9 Å². The van der Waals surface area contributed by atoms with Gasteiger partial charge in [0, 0.05) is 4.90 Å². The van der Waals surface area contributed by atoms with Crippen LogP contribution in [0, 0.1) is 12.7 Å². The molecule has 3 rings (SSSR count). The summed E-state index contributed by atoms with van der Waals surface area (Å²) in [5.41, 5.74) is 3.52. The molecule has 0 N–H and O–H groups in total. The lowest BCUT2D eigenvalue weighted by molar-refractivity contribution is 0.626. The Balaban J connectivity index is 1.79. The third-order valence-corrected chi connectivity index (χ3v) is 5.59. The molecule has 2 aromatic carbocycles. The second-order valence-corrected chi connectivity index (χ2v) is 7.45. The second kappa shape index (κ2) is 7.84. The molecule has 0 bridgehead atoms. The van der Waals surface area contributed by atoms with E-state index in [1.54, 1.807) is 11.8 Å². The summed E-state index contributed by atoms with van der Waals surface area (Å²) in [7, 11) is 0. The highest BCUT2D eigenvalue weighted by atomic mass is 32.2. The summed E-state index contributed by atoms with van der Waals surface area (Å²) in [6, 6.07) is 14.9. The third kappa shape index (κ3) is 4.72. The first-order valence-electron chi connectivity index (χ1n) is 7.60. The highest BCUT2D eigenvalue weighted by molar-refractivity contribution is 8.14. The molecule has 1 fully saturated rings. The van der Waals surface area contributed by atoms with Crippen LogP contribution in [-0.4, -0.2) is 10.8 Å². The van der Waals surface area contributed by atoms with Crippen molar-refractivity contribution in [3.63, 3.8) is 0 Å². The normalized spacial score (nSPS) is 18.5. The molecular weight excluding hydrogens is 325 g/mol. The van der Waals surface area contributed by atoms with Crippen molar-refractivity contribution < 1.29 is 4.39 Å². The molecule has 0 radical (unpaired) electrons. The molecule has 0 amide bonds. The molecule has 1 saturated heterocycles. The molecule has 118 valence electrons. The Hall–Kier alpha value is -1.52. The van der Waals surface area contributed by atoms with Crippen LogP contribution < -0.4 is 0 Å². The van der Waals surface area contributed by atoms with Gasteiger partial charge in [0.25, 0.3) is 0 Å². The molecule has 0 spiro atoms. The Labute approximate surface area is 145 Å². The first-order chi connectivity index (χ1) is 11.2. The van der Waals surface area contributed by atoms with Crippen molar-refractivity contribution in [2.75, 3.05) is 5.75 Å². The molecule has 2 aromatic rings. The maximum atomic E-state index is 13.0. The summed E-state index contributed by atoms with van der Waals surface area (Å²) in [4.78, 5) is 5.85. The molecular formula is C19H18FNS2. The predicted molar refractivity (Wildman–Crippen MR) is 100 cm³/mol. The molecule has 1 aliphatic heterocycles. The molecule has 0 saturated carbocycles. The molecule has 1 nitrogen and oxygen atoms in total. The van der Waals surface area contributed by atoms with E-state index in [0.717, 1.165) is 27.8 Å². The number of aliphatic imine (C=N–C) groups is 1. The highest BCUT2D eigenvalue weighted by Crippen LogP contribution is 2.31. The quantitative estimate of drug-likeness (QED) is 0.601. The zero-order valence-corrected chi connectivity index (χ0v) is 14.6. The van der Waals surface area contributed by atoms with Crippen LogP contribution >= 0.6 is 23.5 Å². The number of hydrogen-bond donors (Lipinski definition) is 0. The average molecular weight is 343 g/mol. The molecule has 0 aliphatic carbocycles. The molecule has 0 aromatic heterocycles. The van der Waals surface area contributed by atoms with Crippen molar-refractivity contribution in [3.8, 4) is 0 Å². The maximum absolute atomic E-state index is 13.0. The van der Waals surface area contributed by atoms with Gasteiger partial charge in [-0.05, 0) is 72.9 Å². The SMILES string of the molecule is Cc1ccc(N=C2SCCC/C2=C\Sc2ccc(F)cc2)cc1. The molecule has 0 unspecified atom stereocenters. The van der Waals surface area contributed by atoms with Crippen LogP contribution in [0.15, 0.2) is 69.4 Å². The van der Waals surface area contributed by atoms with Crippen molar-refractivity contribution in [1.82, 2.24) is 0 Å². The van der Waals surface area contributed by atoms with E-state index in [-0.39, 0.29) is 5.82 Å². The monoisotopic (exact) mass is 343 g/mol. The van der Waals surface area contributed by atoms with Crippen LogP contribution in [0.25, 0.3) is 0 Å². The topological polar surface area (TPSA) is 12.4 Å². The van der Waals surface area contributed by atoms with Crippen LogP contribution in [0.5, 0.6) is 0 Å². The second-order valence-electron chi connectivity index (χ2n) is 5.42. The molecule has 23 heavy (non-hydrogen) atoms. The van der Waals surface area contributed by atoms with Gasteiger partial charge >= 0.3 is 0 Å². The smallest absolute Gasteiger partial charge is 0.123 e. The van der Waals surface area contributed by atoms with Crippen molar-refractivity contribution >= 4 is 34.3 Å². The van der Waals surface area contributed by atoms with Gasteiger partial charge in [-0.15, -0.1) is 11.8 Å². The fourth-order valence-electron chi connectivity index (χ4n) is 2.23. The molecule has 1 aliphatic rings. The zero-order chi connectivity index (χ0) is 16.1. The maximum Gasteiger partial charge on any atom is 0.123 e. The van der Waals surface area contributed by atoms with E-state index in [4.69, 9.17) is 4.99 Å². The van der Waals surface area contributed by atoms with Crippen molar-refractivity contribution in [1.29, 1.82) is 0 Å². The number of rotatable bonds is 3. The minimum Gasteiger partial charge on any atom is -0.242 e. The number of nitrogens with zero attached hydrogens (tertiary/aromatic N) is 1. The summed E-state index contributed by atoms with van der Waals surface area (Å²) in [6.07, 6.45) is 2.22. The third-order valence-electron chi connectivity index (χ3n) is 3.52. The standard InChI is InChI=1S/C19H18FNS2/c1-14-4-8-17(9-5-14)21-19-15(3-2-12-22-19)13-23-18-10-6-16(20)7-11-18/h4-11,13H,2-3,12H2,1H3/b15-13+,21-19?. The van der Waals surface area contributed by atoms with Gasteiger partial charge in [0.2, 0.25) is 0 Å². The van der Waals surface area contributed by atoms with Gasteiger partial charge in [0.15, 0.2) is 0 Å². The van der Waals surface area contributed by atoms with E-state index in [9.17, 15) is 4.39 Å². The number of hydrogen-bond acceptors (Lipinski definition) is 3. The number of benzene rings is 2. The van der Waals surface area contributed by atoms with Gasteiger partial charge in [-0.25, -0.2) is 9.38 Å². The lowest BCUT2D eigenvalue weighted by Gasteiger charge is -2.16. The summed E-state index contributed by atoms with van der Waals surface area (Å²) >= 11 is 3.45. The number of halogens is 1. The van der Waals surface area contributed by atoms with Gasteiger partial charge in [-0.2, -0.15) is 0 Å². The van der Waals surface area contributed by atoms with Crippen LogP contribution in [0.3, 0.4) is 0 Å². The van der Waals surface area contributed by atoms with E-state index in [2.05, 4.69) is 36.6 Å². The fourth-order valence-corrected chi connectivity index (χ4v) is 4.11. The summed E-state index contributed by atoms with van der Waals surface area (Å²) < 4.78 is 13.0. The Morgan fingerprint density at radius 1 is 1.09 bits per heavy atom. The number of thioether (sulfide) groups is 2. The molecule has 0 atom stereocenters. The lowest BCUT2D eigenvalue weighted by atomic mass is 10.2. The Morgan fingerprint density at radius 3 is 2.57 bits per heavy atom. The van der Waals surface area contributed by atoms with Gasteiger partial charge in [0.1, 0.15) is 10.9 Å². The largest absolute Gasteiger partial charge is 0.242 e. The summed E-state index contributed by atoms with van der Waals surface area (Å²) in [6.45, 7) is 2.08. The van der Waals surface area contributed by atoms with E-state index in [0.29, 0.717) is 0 Å². The van der Waals surface area contributed by atoms with Crippen molar-refractivity contribution in [2.24, 2.45) is 4.99 Å². The zero-order valence-electron chi connectivity index (χ0n) is 13.0. The van der Waals surface area contributed by atoms with Crippen LogP contribution in [-0.2, 0) is 0 Å². The minimum atomic E-state index is -0.197. The highest BCUT2D eigenvalue weighted by Gasteiger charge is 2.14.